The third-order valence-corrected chi connectivity index (χ3v) is 2.69. The molecule has 1 aliphatic carbocycles. The summed E-state index contributed by atoms with van der Waals surface area (Å²) in [5.41, 5.74) is 0. The molecular weight excluding hydrogens is 180 g/mol. The van der Waals surface area contributed by atoms with Crippen LogP contribution in [0.5, 0.6) is 0 Å². The van der Waals surface area contributed by atoms with Crippen molar-refractivity contribution in [3.05, 3.63) is 10.6 Å². The Hall–Kier alpha value is 0.180. The molecule has 0 aromatic rings. The topological polar surface area (TPSA) is 9.23 Å². The molecule has 0 aromatic heterocycles. The molecule has 0 spiro atoms. The van der Waals surface area contributed by atoms with Crippen LogP contribution < -0.4 is 0 Å². The van der Waals surface area contributed by atoms with Gasteiger partial charge < -0.3 is 4.74 Å². The fraction of sp³-hybridized carbons (Fsp3) is 0.714. The Kier molecular flexibility index (Phi) is 1.38. The maximum atomic E-state index is 5.29. The first-order valence-electron chi connectivity index (χ1n) is 3.30. The highest BCUT2D eigenvalue weighted by Crippen LogP contribution is 2.37. The second-order valence-corrected chi connectivity index (χ2v) is 3.80. The minimum atomic E-state index is 0.722. The van der Waals surface area contributed by atoms with Gasteiger partial charge in [0.2, 0.25) is 0 Å². The predicted octanol–water partition coefficient (Wildman–Crippen LogP) is 1.93. The predicted molar refractivity (Wildman–Crippen MR) is 39.4 cm³/mol. The summed E-state index contributed by atoms with van der Waals surface area (Å²) < 4.78 is 6.67. The van der Waals surface area contributed by atoms with E-state index in [1.165, 1.54) is 10.9 Å². The molecule has 2 aliphatic rings. The molecule has 2 heteroatoms. The summed E-state index contributed by atoms with van der Waals surface area (Å²) in [6.07, 6.45) is 3.49. The zero-order valence-electron chi connectivity index (χ0n) is 5.14. The molecule has 0 amide bonds. The van der Waals surface area contributed by atoms with Gasteiger partial charge in [-0.1, -0.05) is 22.0 Å². The van der Waals surface area contributed by atoms with E-state index in [2.05, 4.69) is 22.0 Å². The van der Waals surface area contributed by atoms with Gasteiger partial charge in [-0.3, -0.25) is 0 Å². The van der Waals surface area contributed by atoms with Gasteiger partial charge in [-0.25, -0.2) is 0 Å². The van der Waals surface area contributed by atoms with Crippen molar-refractivity contribution in [1.29, 1.82) is 0 Å². The van der Waals surface area contributed by atoms with Crippen molar-refractivity contribution in [2.45, 2.75) is 6.42 Å². The van der Waals surface area contributed by atoms with E-state index in [4.69, 9.17) is 4.74 Å². The van der Waals surface area contributed by atoms with E-state index in [0.717, 1.165) is 25.0 Å². The SMILES string of the molecule is BrC1=CC2COCC2C1. The van der Waals surface area contributed by atoms with Crippen molar-refractivity contribution in [3.8, 4) is 0 Å². The van der Waals surface area contributed by atoms with Gasteiger partial charge in [0.15, 0.2) is 0 Å². The summed E-state index contributed by atoms with van der Waals surface area (Å²) in [6, 6.07) is 0. The van der Waals surface area contributed by atoms with Gasteiger partial charge in [-0.2, -0.15) is 0 Å². The molecule has 2 rings (SSSR count). The molecule has 1 heterocycles. The standard InChI is InChI=1S/C7H9BrO/c8-7-1-5-3-9-4-6(5)2-7/h1,5-6H,2-4H2. The van der Waals surface area contributed by atoms with Crippen molar-refractivity contribution < 1.29 is 4.74 Å². The Morgan fingerprint density at radius 3 is 3.22 bits per heavy atom. The highest BCUT2D eigenvalue weighted by atomic mass is 79.9. The Labute approximate surface area is 63.2 Å². The van der Waals surface area contributed by atoms with Crippen LogP contribution in [0.4, 0.5) is 0 Å². The first-order valence-corrected chi connectivity index (χ1v) is 4.09. The van der Waals surface area contributed by atoms with Crippen LogP contribution in [0.25, 0.3) is 0 Å². The summed E-state index contributed by atoms with van der Waals surface area (Å²) in [7, 11) is 0. The second-order valence-electron chi connectivity index (χ2n) is 2.78. The molecule has 0 radical (unpaired) electrons. The van der Waals surface area contributed by atoms with Crippen molar-refractivity contribution in [2.24, 2.45) is 11.8 Å². The third kappa shape index (κ3) is 0.945. The van der Waals surface area contributed by atoms with Gasteiger partial charge in [0, 0.05) is 5.92 Å². The lowest BCUT2D eigenvalue weighted by atomic mass is 10.0. The van der Waals surface area contributed by atoms with Crippen LogP contribution in [0.2, 0.25) is 0 Å². The van der Waals surface area contributed by atoms with Gasteiger partial charge in [0.25, 0.3) is 0 Å². The van der Waals surface area contributed by atoms with Gasteiger partial charge in [0.05, 0.1) is 13.2 Å². The van der Waals surface area contributed by atoms with E-state index in [-0.39, 0.29) is 0 Å². The van der Waals surface area contributed by atoms with Crippen LogP contribution >= 0.6 is 15.9 Å². The molecule has 1 aliphatic heterocycles. The summed E-state index contributed by atoms with van der Waals surface area (Å²) in [4.78, 5) is 0. The minimum absolute atomic E-state index is 0.722. The highest BCUT2D eigenvalue weighted by molar-refractivity contribution is 9.11. The smallest absolute Gasteiger partial charge is 0.0532 e. The van der Waals surface area contributed by atoms with Crippen molar-refractivity contribution in [2.75, 3.05) is 13.2 Å². The van der Waals surface area contributed by atoms with Crippen molar-refractivity contribution in [1.82, 2.24) is 0 Å². The highest BCUT2D eigenvalue weighted by Gasteiger charge is 2.31. The lowest BCUT2D eigenvalue weighted by Crippen LogP contribution is -2.02. The van der Waals surface area contributed by atoms with E-state index in [9.17, 15) is 0 Å². The summed E-state index contributed by atoms with van der Waals surface area (Å²) in [5, 5.41) is 0. The van der Waals surface area contributed by atoms with Crippen LogP contribution in [-0.4, -0.2) is 13.2 Å². The number of halogens is 1. The Bertz CT molecular complexity index is 153. The monoisotopic (exact) mass is 188 g/mol. The quantitative estimate of drug-likeness (QED) is 0.565. The van der Waals surface area contributed by atoms with Crippen molar-refractivity contribution in [3.63, 3.8) is 0 Å². The zero-order valence-corrected chi connectivity index (χ0v) is 6.73. The summed E-state index contributed by atoms with van der Waals surface area (Å²) in [5.74, 6) is 1.51. The Balaban J connectivity index is 2.13. The molecule has 1 saturated heterocycles. The second kappa shape index (κ2) is 2.10. The molecule has 1 nitrogen and oxygen atoms in total. The van der Waals surface area contributed by atoms with E-state index >= 15 is 0 Å². The molecule has 0 aromatic carbocycles. The van der Waals surface area contributed by atoms with Crippen LogP contribution in [0.3, 0.4) is 0 Å². The Morgan fingerprint density at radius 1 is 1.56 bits per heavy atom. The molecule has 0 bridgehead atoms. The molecule has 1 fully saturated rings. The lowest BCUT2D eigenvalue weighted by Gasteiger charge is -2.01. The maximum Gasteiger partial charge on any atom is 0.0532 e. The van der Waals surface area contributed by atoms with Gasteiger partial charge >= 0.3 is 0 Å². The van der Waals surface area contributed by atoms with E-state index in [1.807, 2.05) is 0 Å². The van der Waals surface area contributed by atoms with E-state index < -0.39 is 0 Å². The number of allylic oxidation sites excluding steroid dienone is 1. The first kappa shape index (κ1) is 5.93. The summed E-state index contributed by atoms with van der Waals surface area (Å²) in [6.45, 7) is 1.91. The van der Waals surface area contributed by atoms with Gasteiger partial charge in [-0.15, -0.1) is 0 Å². The minimum Gasteiger partial charge on any atom is -0.381 e. The normalized spacial score (nSPS) is 40.8. The van der Waals surface area contributed by atoms with Crippen molar-refractivity contribution >= 4 is 15.9 Å². The number of fused-ring (bicyclic) bond motifs is 1. The fourth-order valence-electron chi connectivity index (χ4n) is 1.56. The van der Waals surface area contributed by atoms with Crippen LogP contribution in [0, 0.1) is 11.8 Å². The molecule has 0 N–H and O–H groups in total. The first-order chi connectivity index (χ1) is 4.36. The largest absolute Gasteiger partial charge is 0.381 e. The fourth-order valence-corrected chi connectivity index (χ4v) is 2.32. The molecule has 2 atom stereocenters. The van der Waals surface area contributed by atoms with Crippen LogP contribution in [0.15, 0.2) is 10.6 Å². The van der Waals surface area contributed by atoms with E-state index in [0.29, 0.717) is 0 Å². The summed E-state index contributed by atoms with van der Waals surface area (Å²) >= 11 is 3.50. The average Bonchev–Trinajstić information content (AvgIpc) is 2.22. The average molecular weight is 189 g/mol. The van der Waals surface area contributed by atoms with Gasteiger partial charge in [0.1, 0.15) is 0 Å². The zero-order chi connectivity index (χ0) is 6.27. The molecule has 9 heavy (non-hydrogen) atoms. The van der Waals surface area contributed by atoms with Crippen LogP contribution in [-0.2, 0) is 4.74 Å². The molecule has 50 valence electrons. The molecule has 0 saturated carbocycles. The molecular formula is C7H9BrO. The number of rotatable bonds is 0. The van der Waals surface area contributed by atoms with Crippen LogP contribution in [0.1, 0.15) is 6.42 Å². The number of hydrogen-bond acceptors (Lipinski definition) is 1. The molecule has 2 unspecified atom stereocenters. The lowest BCUT2D eigenvalue weighted by molar-refractivity contribution is 0.182. The number of hydrogen-bond donors (Lipinski definition) is 0. The number of ether oxygens (including phenoxy) is 1. The maximum absolute atomic E-state index is 5.29. The van der Waals surface area contributed by atoms with Gasteiger partial charge in [-0.05, 0) is 16.8 Å². The Morgan fingerprint density at radius 2 is 2.44 bits per heavy atom. The van der Waals surface area contributed by atoms with E-state index in [1.54, 1.807) is 0 Å². The third-order valence-electron chi connectivity index (χ3n) is 2.10.